The monoisotopic (exact) mass is 434 g/mol. The minimum absolute atomic E-state index is 0.103. The lowest BCUT2D eigenvalue weighted by Crippen LogP contribution is -2.25. The van der Waals surface area contributed by atoms with Crippen molar-refractivity contribution in [3.8, 4) is 0 Å². The van der Waals surface area contributed by atoms with E-state index >= 15 is 0 Å². The molecular weight excluding hydrogens is 416 g/mol. The van der Waals surface area contributed by atoms with Gasteiger partial charge in [0, 0.05) is 34.0 Å². The summed E-state index contributed by atoms with van der Waals surface area (Å²) in [6, 6.07) is 21.2. The third-order valence-electron chi connectivity index (χ3n) is 4.84. The van der Waals surface area contributed by atoms with Crippen LogP contribution in [0, 0.1) is 10.1 Å². The molecule has 0 N–H and O–H groups in total. The number of esters is 1. The number of rotatable bonds is 7. The van der Waals surface area contributed by atoms with E-state index in [4.69, 9.17) is 4.74 Å². The van der Waals surface area contributed by atoms with Crippen molar-refractivity contribution in [3.63, 3.8) is 0 Å². The highest BCUT2D eigenvalue weighted by molar-refractivity contribution is 7.99. The molecule has 8 heteroatoms. The standard InChI is InChI=1S/C23H18N2O5S/c26-20(16-9-11-17(12-10-16)25(28)29)15-30-23(27)13-14-24-18-5-1-3-7-21(18)31-22-8-4-2-6-19(22)24/h1-12H,13-15H2. The molecule has 3 aromatic carbocycles. The largest absolute Gasteiger partial charge is 0.457 e. The summed E-state index contributed by atoms with van der Waals surface area (Å²) in [5.74, 6) is -0.892. The molecule has 3 aromatic rings. The number of fused-ring (bicyclic) bond motifs is 2. The number of benzene rings is 3. The fourth-order valence-electron chi connectivity index (χ4n) is 3.30. The number of para-hydroxylation sites is 2. The van der Waals surface area contributed by atoms with Crippen molar-refractivity contribution in [2.24, 2.45) is 0 Å². The molecule has 0 radical (unpaired) electrons. The Labute approximate surface area is 182 Å². The lowest BCUT2D eigenvalue weighted by atomic mass is 10.1. The van der Waals surface area contributed by atoms with Crippen molar-refractivity contribution >= 4 is 40.6 Å². The van der Waals surface area contributed by atoms with E-state index in [0.717, 1.165) is 21.2 Å². The molecule has 0 saturated heterocycles. The highest BCUT2D eigenvalue weighted by Crippen LogP contribution is 2.47. The normalized spacial score (nSPS) is 11.9. The van der Waals surface area contributed by atoms with Crippen molar-refractivity contribution in [2.45, 2.75) is 16.2 Å². The second-order valence-electron chi connectivity index (χ2n) is 6.83. The number of carbonyl (C=O) groups is 2. The summed E-state index contributed by atoms with van der Waals surface area (Å²) in [4.78, 5) is 39.0. The van der Waals surface area contributed by atoms with Gasteiger partial charge in [-0.15, -0.1) is 0 Å². The van der Waals surface area contributed by atoms with Crippen molar-refractivity contribution in [1.82, 2.24) is 0 Å². The van der Waals surface area contributed by atoms with Gasteiger partial charge in [0.2, 0.25) is 0 Å². The number of nitro benzene ring substituents is 1. The Morgan fingerprint density at radius 3 is 2.06 bits per heavy atom. The zero-order chi connectivity index (χ0) is 21.8. The Hall–Kier alpha value is -3.65. The first-order chi connectivity index (χ1) is 15.0. The molecule has 7 nitrogen and oxygen atoms in total. The van der Waals surface area contributed by atoms with Crippen molar-refractivity contribution < 1.29 is 19.2 Å². The number of nitrogens with zero attached hydrogens (tertiary/aromatic N) is 2. The molecule has 156 valence electrons. The van der Waals surface area contributed by atoms with Gasteiger partial charge >= 0.3 is 5.97 Å². The van der Waals surface area contributed by atoms with E-state index in [-0.39, 0.29) is 17.7 Å². The van der Waals surface area contributed by atoms with Gasteiger partial charge in [-0.1, -0.05) is 36.0 Å². The topological polar surface area (TPSA) is 89.8 Å². The summed E-state index contributed by atoms with van der Waals surface area (Å²) in [5, 5.41) is 10.7. The van der Waals surface area contributed by atoms with Crippen LogP contribution < -0.4 is 4.90 Å². The summed E-state index contributed by atoms with van der Waals surface area (Å²) in [5.41, 5.74) is 2.21. The van der Waals surface area contributed by atoms with Crippen molar-refractivity contribution in [3.05, 3.63) is 88.5 Å². The lowest BCUT2D eigenvalue weighted by Gasteiger charge is -2.32. The van der Waals surface area contributed by atoms with Gasteiger partial charge in [0.05, 0.1) is 22.7 Å². The van der Waals surface area contributed by atoms with Crippen LogP contribution >= 0.6 is 11.8 Å². The average molecular weight is 434 g/mol. The van der Waals surface area contributed by atoms with E-state index < -0.39 is 23.3 Å². The number of ether oxygens (including phenoxy) is 1. The predicted octanol–water partition coefficient (Wildman–Crippen LogP) is 5.01. The van der Waals surface area contributed by atoms with Gasteiger partial charge in [-0.25, -0.2) is 0 Å². The Bertz CT molecular complexity index is 1100. The Morgan fingerprint density at radius 2 is 1.48 bits per heavy atom. The first kappa shape index (κ1) is 20.6. The summed E-state index contributed by atoms with van der Waals surface area (Å²) >= 11 is 1.69. The van der Waals surface area contributed by atoms with Crippen LogP contribution in [0.2, 0.25) is 0 Å². The van der Waals surface area contributed by atoms with Gasteiger partial charge < -0.3 is 9.64 Å². The van der Waals surface area contributed by atoms with Crippen molar-refractivity contribution in [2.75, 3.05) is 18.1 Å². The van der Waals surface area contributed by atoms with Gasteiger partial charge in [-0.3, -0.25) is 19.7 Å². The van der Waals surface area contributed by atoms with Gasteiger partial charge in [-0.05, 0) is 36.4 Å². The van der Waals surface area contributed by atoms with E-state index in [9.17, 15) is 19.7 Å². The van der Waals surface area contributed by atoms with Crippen LogP contribution in [-0.2, 0) is 9.53 Å². The third-order valence-corrected chi connectivity index (χ3v) is 5.97. The smallest absolute Gasteiger partial charge is 0.308 e. The minimum Gasteiger partial charge on any atom is -0.457 e. The number of nitro groups is 1. The summed E-state index contributed by atoms with van der Waals surface area (Å²) in [6.45, 7) is 0.0127. The number of hydrogen-bond donors (Lipinski definition) is 0. The molecule has 0 fully saturated rings. The zero-order valence-electron chi connectivity index (χ0n) is 16.4. The Balaban J connectivity index is 1.37. The molecular formula is C23H18N2O5S. The maximum atomic E-state index is 12.3. The molecule has 0 unspecified atom stereocenters. The molecule has 0 saturated carbocycles. The maximum absolute atomic E-state index is 12.3. The van der Waals surface area contributed by atoms with Gasteiger partial charge in [0.1, 0.15) is 0 Å². The summed E-state index contributed by atoms with van der Waals surface area (Å²) < 4.78 is 5.15. The molecule has 0 aromatic heterocycles. The fourth-order valence-corrected chi connectivity index (χ4v) is 4.39. The van der Waals surface area contributed by atoms with Gasteiger partial charge in [0.25, 0.3) is 5.69 Å². The molecule has 0 bridgehead atoms. The highest BCUT2D eigenvalue weighted by atomic mass is 32.2. The minimum atomic E-state index is -0.538. The second kappa shape index (κ2) is 9.01. The van der Waals surface area contributed by atoms with Crippen LogP contribution in [0.4, 0.5) is 17.1 Å². The first-order valence-corrected chi connectivity index (χ1v) is 10.4. The van der Waals surface area contributed by atoms with Crippen LogP contribution in [0.5, 0.6) is 0 Å². The molecule has 0 spiro atoms. The molecule has 0 amide bonds. The third kappa shape index (κ3) is 4.59. The molecule has 1 heterocycles. The molecule has 4 rings (SSSR count). The van der Waals surface area contributed by atoms with Gasteiger partial charge in [-0.2, -0.15) is 0 Å². The predicted molar refractivity (Wildman–Crippen MR) is 117 cm³/mol. The van der Waals surface area contributed by atoms with Crippen molar-refractivity contribution in [1.29, 1.82) is 0 Å². The molecule has 1 aliphatic rings. The molecule has 0 atom stereocenters. The number of Topliss-reactive ketones (excluding diaryl/α,β-unsaturated/α-hetero) is 1. The van der Waals surface area contributed by atoms with E-state index in [1.165, 1.54) is 24.3 Å². The van der Waals surface area contributed by atoms with Crippen LogP contribution in [-0.4, -0.2) is 29.8 Å². The van der Waals surface area contributed by atoms with E-state index in [2.05, 4.69) is 4.90 Å². The van der Waals surface area contributed by atoms with Crippen LogP contribution in [0.15, 0.2) is 82.6 Å². The zero-order valence-corrected chi connectivity index (χ0v) is 17.2. The fraction of sp³-hybridized carbons (Fsp3) is 0.130. The number of anilines is 2. The lowest BCUT2D eigenvalue weighted by molar-refractivity contribution is -0.384. The first-order valence-electron chi connectivity index (χ1n) is 9.59. The van der Waals surface area contributed by atoms with E-state index in [1.807, 2.05) is 48.5 Å². The molecule has 1 aliphatic heterocycles. The second-order valence-corrected chi connectivity index (χ2v) is 7.91. The number of hydrogen-bond acceptors (Lipinski definition) is 7. The Morgan fingerprint density at radius 1 is 0.903 bits per heavy atom. The van der Waals surface area contributed by atoms with Crippen LogP contribution in [0.25, 0.3) is 0 Å². The number of carbonyl (C=O) groups excluding carboxylic acids is 2. The van der Waals surface area contributed by atoms with Gasteiger partial charge in [0.15, 0.2) is 12.4 Å². The number of non-ortho nitro benzene ring substituents is 1. The molecule has 0 aliphatic carbocycles. The average Bonchev–Trinajstić information content (AvgIpc) is 2.80. The van der Waals surface area contributed by atoms with E-state index in [0.29, 0.717) is 6.54 Å². The molecule has 31 heavy (non-hydrogen) atoms. The Kier molecular flexibility index (Phi) is 5.99. The van der Waals surface area contributed by atoms with E-state index in [1.54, 1.807) is 11.8 Å². The maximum Gasteiger partial charge on any atom is 0.308 e. The number of ketones is 1. The highest BCUT2D eigenvalue weighted by Gasteiger charge is 2.23. The summed E-state index contributed by atoms with van der Waals surface area (Å²) in [6.07, 6.45) is 0.112. The summed E-state index contributed by atoms with van der Waals surface area (Å²) in [7, 11) is 0. The van der Waals surface area contributed by atoms with Crippen LogP contribution in [0.1, 0.15) is 16.8 Å². The van der Waals surface area contributed by atoms with Crippen LogP contribution in [0.3, 0.4) is 0 Å². The SMILES string of the molecule is O=C(CCN1c2ccccc2Sc2ccccc21)OCC(=O)c1ccc([N+](=O)[O-])cc1. The quantitative estimate of drug-likeness (QED) is 0.223.